The van der Waals surface area contributed by atoms with Crippen molar-refractivity contribution < 1.29 is 46.1 Å². The molecule has 3 aromatic carbocycles. The van der Waals surface area contributed by atoms with Gasteiger partial charge >= 0.3 is 6.61 Å². The molecule has 2 aromatic heterocycles. The molecule has 1 aliphatic carbocycles. The Labute approximate surface area is 287 Å². The smallest absolute Gasteiger partial charge is 0.387 e. The fraction of sp³-hybridized carbons (Fsp3) is 0.257. The first kappa shape index (κ1) is 34.6. The summed E-state index contributed by atoms with van der Waals surface area (Å²) in [6, 6.07) is 13.3. The number of carbonyl (C=O) groups is 2. The van der Waals surface area contributed by atoms with E-state index in [-0.39, 0.29) is 68.8 Å². The SMILES string of the molecule is CCOc1c(CC(N)=O)cc([C@@](O)(CNC(=O)c2cc(OC(F)F)c3nc(C4CC4)oc3c2)c2ccccc2)nc1-c1cc(Cl)c(F)cc1F. The number of ether oxygens (including phenoxy) is 2. The van der Waals surface area contributed by atoms with Crippen LogP contribution in [0, 0.1) is 11.6 Å². The maximum Gasteiger partial charge on any atom is 0.387 e. The van der Waals surface area contributed by atoms with Crippen LogP contribution in [-0.2, 0) is 16.8 Å². The van der Waals surface area contributed by atoms with Crippen LogP contribution >= 0.6 is 11.6 Å². The van der Waals surface area contributed by atoms with Crippen LogP contribution in [0.5, 0.6) is 11.5 Å². The first-order valence-electron chi connectivity index (χ1n) is 15.4. The number of hydrogen-bond acceptors (Lipinski definition) is 8. The Balaban J connectivity index is 1.45. The highest BCUT2D eigenvalue weighted by Crippen LogP contribution is 2.43. The lowest BCUT2D eigenvalue weighted by atomic mass is 9.87. The molecule has 1 fully saturated rings. The van der Waals surface area contributed by atoms with Crippen molar-refractivity contribution in [1.82, 2.24) is 15.3 Å². The summed E-state index contributed by atoms with van der Waals surface area (Å²) in [7, 11) is 0. The third kappa shape index (κ3) is 7.07. The van der Waals surface area contributed by atoms with Crippen LogP contribution in [0.4, 0.5) is 17.6 Å². The standard InChI is InChI=1S/C35H29ClF4N4O6/c1-2-48-31-18(13-28(41)45)12-27(43-29(31)21-14-22(36)24(38)15-23(21)37)35(47,20-6-4-3-5-7-20)16-42-32(46)19-10-25-30(26(11-19)50-34(39)40)44-33(49-25)17-8-9-17/h3-7,10-12,14-15,17,34,47H,2,8-9,13,16H2,1H3,(H2,41,45)(H,42,46)/t35-/m1/s1. The Morgan fingerprint density at radius 1 is 1.10 bits per heavy atom. The van der Waals surface area contributed by atoms with Gasteiger partial charge in [0.1, 0.15) is 28.7 Å². The summed E-state index contributed by atoms with van der Waals surface area (Å²) in [6.07, 6.45) is 1.22. The molecule has 15 heteroatoms. The minimum atomic E-state index is -3.21. The van der Waals surface area contributed by atoms with Gasteiger partial charge in [0, 0.05) is 28.7 Å². The van der Waals surface area contributed by atoms with E-state index in [9.17, 15) is 27.9 Å². The van der Waals surface area contributed by atoms with Crippen molar-refractivity contribution in [3.05, 3.63) is 106 Å². The number of fused-ring (bicyclic) bond motifs is 1. The minimum absolute atomic E-state index is 0.0331. The molecule has 260 valence electrons. The Morgan fingerprint density at radius 3 is 2.50 bits per heavy atom. The maximum atomic E-state index is 15.3. The first-order chi connectivity index (χ1) is 23.9. The van der Waals surface area contributed by atoms with Gasteiger partial charge in [-0.25, -0.2) is 18.7 Å². The molecule has 0 bridgehead atoms. The van der Waals surface area contributed by atoms with Gasteiger partial charge in [-0.3, -0.25) is 9.59 Å². The number of halogens is 5. The van der Waals surface area contributed by atoms with Crippen LogP contribution < -0.4 is 20.5 Å². The van der Waals surface area contributed by atoms with Gasteiger partial charge in [0.2, 0.25) is 5.91 Å². The number of nitrogens with two attached hydrogens (primary N) is 1. The number of primary amides is 1. The van der Waals surface area contributed by atoms with Gasteiger partial charge in [-0.05, 0) is 49.6 Å². The van der Waals surface area contributed by atoms with Crippen molar-refractivity contribution in [2.45, 2.75) is 44.3 Å². The molecule has 10 nitrogen and oxygen atoms in total. The Bertz CT molecular complexity index is 2090. The molecule has 5 aromatic rings. The lowest BCUT2D eigenvalue weighted by Gasteiger charge is -2.30. The van der Waals surface area contributed by atoms with Gasteiger partial charge < -0.3 is 30.0 Å². The van der Waals surface area contributed by atoms with E-state index in [1.807, 2.05) is 0 Å². The number of amides is 2. The highest BCUT2D eigenvalue weighted by Gasteiger charge is 2.37. The van der Waals surface area contributed by atoms with Gasteiger partial charge in [0.25, 0.3) is 5.91 Å². The van der Waals surface area contributed by atoms with Gasteiger partial charge in [0.05, 0.1) is 30.3 Å². The maximum absolute atomic E-state index is 15.3. The number of carbonyl (C=O) groups excluding carboxylic acids is 2. The summed E-state index contributed by atoms with van der Waals surface area (Å²) in [6.45, 7) is -2.11. The van der Waals surface area contributed by atoms with E-state index in [0.717, 1.165) is 25.0 Å². The summed E-state index contributed by atoms with van der Waals surface area (Å²) in [5.41, 5.74) is 2.93. The summed E-state index contributed by atoms with van der Waals surface area (Å²) in [4.78, 5) is 34.6. The molecular formula is C35H29ClF4N4O6. The third-order valence-corrected chi connectivity index (χ3v) is 8.32. The number of benzene rings is 3. The molecule has 2 amide bonds. The highest BCUT2D eigenvalue weighted by molar-refractivity contribution is 6.31. The molecule has 0 radical (unpaired) electrons. The zero-order chi connectivity index (χ0) is 35.7. The quantitative estimate of drug-likeness (QED) is 0.0939. The number of aliphatic hydroxyl groups is 1. The van der Waals surface area contributed by atoms with Crippen LogP contribution in [0.1, 0.15) is 58.8 Å². The average molecular weight is 713 g/mol. The van der Waals surface area contributed by atoms with Crippen molar-refractivity contribution in [3.63, 3.8) is 0 Å². The lowest BCUT2D eigenvalue weighted by Crippen LogP contribution is -2.42. The second kappa shape index (κ2) is 14.0. The third-order valence-electron chi connectivity index (χ3n) is 8.03. The number of nitrogens with one attached hydrogen (secondary N) is 1. The highest BCUT2D eigenvalue weighted by atomic mass is 35.5. The molecule has 2 heterocycles. The number of rotatable bonds is 13. The van der Waals surface area contributed by atoms with Crippen molar-refractivity contribution in [2.75, 3.05) is 13.2 Å². The Morgan fingerprint density at radius 2 is 1.84 bits per heavy atom. The van der Waals surface area contributed by atoms with Gasteiger partial charge in [0.15, 0.2) is 22.7 Å². The Hall–Kier alpha value is -5.21. The van der Waals surface area contributed by atoms with Gasteiger partial charge in [-0.15, -0.1) is 0 Å². The topological polar surface area (TPSA) is 150 Å². The summed E-state index contributed by atoms with van der Waals surface area (Å²) in [5, 5.41) is 14.6. The van der Waals surface area contributed by atoms with E-state index in [1.165, 1.54) is 12.1 Å². The van der Waals surface area contributed by atoms with Gasteiger partial charge in [-0.1, -0.05) is 41.9 Å². The van der Waals surface area contributed by atoms with E-state index < -0.39 is 53.6 Å². The molecule has 1 atom stereocenters. The number of hydrogen-bond donors (Lipinski definition) is 3. The van der Waals surface area contributed by atoms with Crippen LogP contribution in [0.25, 0.3) is 22.4 Å². The molecule has 0 saturated heterocycles. The first-order valence-corrected chi connectivity index (χ1v) is 15.8. The molecule has 6 rings (SSSR count). The molecule has 0 unspecified atom stereocenters. The molecule has 1 saturated carbocycles. The monoisotopic (exact) mass is 712 g/mol. The second-order valence-electron chi connectivity index (χ2n) is 11.6. The normalized spacial score (nSPS) is 14.1. The average Bonchev–Trinajstić information content (AvgIpc) is 3.84. The van der Waals surface area contributed by atoms with Gasteiger partial charge in [-0.2, -0.15) is 8.78 Å². The zero-order valence-electron chi connectivity index (χ0n) is 26.3. The van der Waals surface area contributed by atoms with Crippen LogP contribution in [0.15, 0.2) is 65.1 Å². The largest absolute Gasteiger partial charge is 0.491 e. The number of aromatic nitrogens is 2. The summed E-state index contributed by atoms with van der Waals surface area (Å²) >= 11 is 6.01. The van der Waals surface area contributed by atoms with E-state index in [0.29, 0.717) is 12.0 Å². The Kier molecular flexibility index (Phi) is 9.67. The van der Waals surface area contributed by atoms with Crippen molar-refractivity contribution in [2.24, 2.45) is 5.73 Å². The summed E-state index contributed by atoms with van der Waals surface area (Å²) < 4.78 is 72.4. The fourth-order valence-electron chi connectivity index (χ4n) is 5.51. The van der Waals surface area contributed by atoms with Crippen molar-refractivity contribution >= 4 is 34.5 Å². The number of nitrogens with zero attached hydrogens (tertiary/aromatic N) is 2. The number of oxazole rings is 1. The molecular weight excluding hydrogens is 684 g/mol. The van der Waals surface area contributed by atoms with E-state index in [4.69, 9.17) is 26.5 Å². The zero-order valence-corrected chi connectivity index (χ0v) is 27.1. The predicted molar refractivity (Wildman–Crippen MR) is 173 cm³/mol. The molecule has 0 spiro atoms. The van der Waals surface area contributed by atoms with E-state index >= 15 is 4.39 Å². The van der Waals surface area contributed by atoms with Crippen molar-refractivity contribution in [1.29, 1.82) is 0 Å². The molecule has 50 heavy (non-hydrogen) atoms. The van der Waals surface area contributed by atoms with E-state index in [2.05, 4.69) is 20.0 Å². The van der Waals surface area contributed by atoms with E-state index in [1.54, 1.807) is 37.3 Å². The summed E-state index contributed by atoms with van der Waals surface area (Å²) in [5.74, 6) is -3.74. The predicted octanol–water partition coefficient (Wildman–Crippen LogP) is 6.39. The van der Waals surface area contributed by atoms with Crippen LogP contribution in [0.3, 0.4) is 0 Å². The second-order valence-corrected chi connectivity index (χ2v) is 12.0. The number of pyridine rings is 1. The fourth-order valence-corrected chi connectivity index (χ4v) is 5.68. The lowest BCUT2D eigenvalue weighted by molar-refractivity contribution is -0.117. The molecule has 1 aliphatic rings. The molecule has 0 aliphatic heterocycles. The number of alkyl halides is 2. The van der Waals surface area contributed by atoms with Crippen LogP contribution in [-0.4, -0.2) is 46.7 Å². The minimum Gasteiger partial charge on any atom is -0.491 e. The van der Waals surface area contributed by atoms with Crippen LogP contribution in [0.2, 0.25) is 5.02 Å². The van der Waals surface area contributed by atoms with Crippen molar-refractivity contribution in [3.8, 4) is 22.8 Å². The molecule has 4 N–H and O–H groups in total.